The van der Waals surface area contributed by atoms with Gasteiger partial charge in [0.1, 0.15) is 0 Å². The minimum atomic E-state index is -0.106. The Morgan fingerprint density at radius 3 is 2.71 bits per heavy atom. The second-order valence-electron chi connectivity index (χ2n) is 4.33. The van der Waals surface area contributed by atoms with Gasteiger partial charge in [0.25, 0.3) is 0 Å². The molecule has 1 heterocycles. The summed E-state index contributed by atoms with van der Waals surface area (Å²) in [6.45, 7) is 2.11. The second kappa shape index (κ2) is 3.81. The van der Waals surface area contributed by atoms with Crippen LogP contribution in [0.2, 0.25) is 0 Å². The summed E-state index contributed by atoms with van der Waals surface area (Å²) in [7, 11) is 0. The summed E-state index contributed by atoms with van der Waals surface area (Å²) in [6.07, 6.45) is 7.48. The first kappa shape index (κ1) is 9.84. The van der Waals surface area contributed by atoms with E-state index in [1.54, 1.807) is 6.20 Å². The number of carbonyl (C=O) groups is 1. The first-order chi connectivity index (χ1) is 6.72. The van der Waals surface area contributed by atoms with E-state index < -0.39 is 0 Å². The zero-order chi connectivity index (χ0) is 10.0. The van der Waals surface area contributed by atoms with E-state index in [-0.39, 0.29) is 5.41 Å². The van der Waals surface area contributed by atoms with Gasteiger partial charge in [0.2, 0.25) is 0 Å². The maximum atomic E-state index is 12.2. The van der Waals surface area contributed by atoms with E-state index in [0.717, 1.165) is 17.7 Å². The van der Waals surface area contributed by atoms with Crippen LogP contribution in [-0.2, 0) is 0 Å². The molecule has 2 nitrogen and oxygen atoms in total. The monoisotopic (exact) mass is 209 g/mol. The predicted molar refractivity (Wildman–Crippen MR) is 57.6 cm³/mol. The molecule has 0 amide bonds. The molecular formula is C11H15NOS. The molecule has 0 spiro atoms. The number of hydrogen-bond acceptors (Lipinski definition) is 3. The molecule has 3 heteroatoms. The van der Waals surface area contributed by atoms with Crippen LogP contribution in [0.15, 0.2) is 12.3 Å². The first-order valence-corrected chi connectivity index (χ1v) is 5.95. The maximum absolute atomic E-state index is 12.2. The van der Waals surface area contributed by atoms with Gasteiger partial charge in [0, 0.05) is 11.6 Å². The fourth-order valence-corrected chi connectivity index (χ4v) is 2.88. The van der Waals surface area contributed by atoms with Gasteiger partial charge in [-0.25, -0.2) is 4.37 Å². The Morgan fingerprint density at radius 2 is 2.14 bits per heavy atom. The van der Waals surface area contributed by atoms with Crippen LogP contribution in [0.25, 0.3) is 0 Å². The number of Topliss-reactive ketones (excluding diaryl/α,β-unsaturated/α-hetero) is 1. The van der Waals surface area contributed by atoms with Gasteiger partial charge < -0.3 is 0 Å². The molecule has 76 valence electrons. The van der Waals surface area contributed by atoms with E-state index in [0.29, 0.717) is 5.78 Å². The number of carbonyl (C=O) groups excluding carboxylic acids is 1. The van der Waals surface area contributed by atoms with Crippen LogP contribution >= 0.6 is 11.5 Å². The molecule has 0 unspecified atom stereocenters. The summed E-state index contributed by atoms with van der Waals surface area (Å²) in [4.78, 5) is 13.0. The summed E-state index contributed by atoms with van der Waals surface area (Å²) in [5.41, 5.74) is -0.106. The Morgan fingerprint density at radius 1 is 1.43 bits per heavy atom. The average molecular weight is 209 g/mol. The molecule has 0 aromatic carbocycles. The van der Waals surface area contributed by atoms with Crippen LogP contribution in [-0.4, -0.2) is 10.2 Å². The van der Waals surface area contributed by atoms with Gasteiger partial charge in [-0.15, -0.1) is 0 Å². The van der Waals surface area contributed by atoms with Crippen molar-refractivity contribution >= 4 is 17.3 Å². The lowest BCUT2D eigenvalue weighted by Gasteiger charge is -2.31. The Balaban J connectivity index is 2.17. The summed E-state index contributed by atoms with van der Waals surface area (Å²) in [6, 6.07) is 1.84. The number of aromatic nitrogens is 1. The number of rotatable bonds is 2. The lowest BCUT2D eigenvalue weighted by atomic mass is 9.72. The highest BCUT2D eigenvalue weighted by atomic mass is 32.1. The molecule has 0 atom stereocenters. The smallest absolute Gasteiger partial charge is 0.180 e. The zero-order valence-corrected chi connectivity index (χ0v) is 9.27. The van der Waals surface area contributed by atoms with Gasteiger partial charge in [-0.1, -0.05) is 26.2 Å². The summed E-state index contributed by atoms with van der Waals surface area (Å²) in [5.74, 6) is 0.305. The van der Waals surface area contributed by atoms with Crippen molar-refractivity contribution in [1.82, 2.24) is 4.37 Å². The number of nitrogens with zero attached hydrogens (tertiary/aromatic N) is 1. The Labute approximate surface area is 88.5 Å². The topological polar surface area (TPSA) is 30.0 Å². The van der Waals surface area contributed by atoms with Gasteiger partial charge in [-0.3, -0.25) is 4.79 Å². The minimum Gasteiger partial charge on any atom is -0.293 e. The van der Waals surface area contributed by atoms with Gasteiger partial charge in [0.15, 0.2) is 5.78 Å². The Bertz CT molecular complexity index is 312. The predicted octanol–water partition coefficient (Wildman–Crippen LogP) is 3.30. The Kier molecular flexibility index (Phi) is 2.68. The number of hydrogen-bond donors (Lipinski definition) is 0. The van der Waals surface area contributed by atoms with Crippen molar-refractivity contribution in [2.75, 3.05) is 0 Å². The number of ketones is 1. The van der Waals surface area contributed by atoms with Crippen molar-refractivity contribution in [2.45, 2.75) is 39.0 Å². The van der Waals surface area contributed by atoms with Crippen molar-refractivity contribution in [3.8, 4) is 0 Å². The van der Waals surface area contributed by atoms with Crippen LogP contribution in [0.4, 0.5) is 0 Å². The molecule has 1 aromatic rings. The highest BCUT2D eigenvalue weighted by molar-refractivity contribution is 7.08. The van der Waals surface area contributed by atoms with E-state index in [2.05, 4.69) is 11.3 Å². The van der Waals surface area contributed by atoms with Crippen molar-refractivity contribution in [1.29, 1.82) is 0 Å². The van der Waals surface area contributed by atoms with Crippen LogP contribution in [0, 0.1) is 5.41 Å². The fraction of sp³-hybridized carbons (Fsp3) is 0.636. The zero-order valence-electron chi connectivity index (χ0n) is 8.45. The maximum Gasteiger partial charge on any atom is 0.180 e. The van der Waals surface area contributed by atoms with Crippen molar-refractivity contribution in [3.05, 3.63) is 17.1 Å². The van der Waals surface area contributed by atoms with Crippen molar-refractivity contribution < 1.29 is 4.79 Å². The first-order valence-electron chi connectivity index (χ1n) is 5.18. The second-order valence-corrected chi connectivity index (χ2v) is 5.16. The average Bonchev–Trinajstić information content (AvgIpc) is 2.70. The van der Waals surface area contributed by atoms with Crippen molar-refractivity contribution in [3.63, 3.8) is 0 Å². The molecule has 1 saturated carbocycles. The largest absolute Gasteiger partial charge is 0.293 e. The molecule has 0 radical (unpaired) electrons. The van der Waals surface area contributed by atoms with Crippen LogP contribution < -0.4 is 0 Å². The quantitative estimate of drug-likeness (QED) is 0.699. The van der Waals surface area contributed by atoms with E-state index >= 15 is 0 Å². The van der Waals surface area contributed by atoms with Gasteiger partial charge in [-0.05, 0) is 30.4 Å². The molecule has 0 aliphatic heterocycles. The molecule has 0 N–H and O–H groups in total. The lowest BCUT2D eigenvalue weighted by Crippen LogP contribution is -2.29. The molecule has 0 saturated heterocycles. The lowest BCUT2D eigenvalue weighted by molar-refractivity contribution is 0.0754. The molecule has 1 aromatic heterocycles. The molecule has 1 fully saturated rings. The third-order valence-electron chi connectivity index (χ3n) is 3.17. The van der Waals surface area contributed by atoms with Gasteiger partial charge in [-0.2, -0.15) is 0 Å². The molecule has 2 rings (SSSR count). The molecule has 1 aliphatic rings. The third kappa shape index (κ3) is 1.73. The highest BCUT2D eigenvalue weighted by Gasteiger charge is 2.35. The summed E-state index contributed by atoms with van der Waals surface area (Å²) >= 11 is 1.32. The van der Waals surface area contributed by atoms with Gasteiger partial charge >= 0.3 is 0 Å². The molecular weight excluding hydrogens is 194 g/mol. The van der Waals surface area contributed by atoms with Crippen molar-refractivity contribution in [2.24, 2.45) is 5.41 Å². The highest BCUT2D eigenvalue weighted by Crippen LogP contribution is 2.38. The molecule has 1 aliphatic carbocycles. The van der Waals surface area contributed by atoms with Crippen LogP contribution in [0.1, 0.15) is 48.7 Å². The van der Waals surface area contributed by atoms with E-state index in [9.17, 15) is 4.79 Å². The van der Waals surface area contributed by atoms with Crippen LogP contribution in [0.3, 0.4) is 0 Å². The van der Waals surface area contributed by atoms with E-state index in [4.69, 9.17) is 0 Å². The van der Waals surface area contributed by atoms with E-state index in [1.807, 2.05) is 6.07 Å². The summed E-state index contributed by atoms with van der Waals surface area (Å²) < 4.78 is 3.99. The standard InChI is InChI=1S/C11H15NOS/c1-11(6-3-2-4-7-11)10(13)9-5-8-12-14-9/h5,8H,2-4,6-7H2,1H3. The van der Waals surface area contributed by atoms with E-state index in [1.165, 1.54) is 30.8 Å². The third-order valence-corrected chi connectivity index (χ3v) is 3.91. The molecule has 0 bridgehead atoms. The van der Waals surface area contributed by atoms with Crippen LogP contribution in [0.5, 0.6) is 0 Å². The minimum absolute atomic E-state index is 0.106. The SMILES string of the molecule is CC1(C(=O)c2ccns2)CCCCC1. The Hall–Kier alpha value is -0.700. The molecule has 14 heavy (non-hydrogen) atoms. The fourth-order valence-electron chi connectivity index (χ4n) is 2.19. The van der Waals surface area contributed by atoms with Gasteiger partial charge in [0.05, 0.1) is 4.88 Å². The summed E-state index contributed by atoms with van der Waals surface area (Å²) in [5, 5.41) is 0. The normalized spacial score (nSPS) is 20.6.